The molecule has 0 fully saturated rings. The van der Waals surface area contributed by atoms with Crippen LogP contribution in [0.25, 0.3) is 5.69 Å². The van der Waals surface area contributed by atoms with E-state index >= 15 is 0 Å². The lowest BCUT2D eigenvalue weighted by molar-refractivity contribution is 0.739. The maximum atomic E-state index is 8.86. The minimum atomic E-state index is -0.212. The third-order valence-electron chi connectivity index (χ3n) is 2.33. The van der Waals surface area contributed by atoms with Crippen LogP contribution in [0.5, 0.6) is 0 Å². The molecule has 1 aromatic heterocycles. The van der Waals surface area contributed by atoms with Gasteiger partial charge in [-0.15, -0.1) is 5.10 Å². The second kappa shape index (κ2) is 6.14. The number of benzene rings is 1. The molecular weight excluding hydrogens is 248 g/mol. The van der Waals surface area contributed by atoms with Crippen LogP contribution in [-0.2, 0) is 0 Å². The van der Waals surface area contributed by atoms with E-state index in [1.54, 1.807) is 11.7 Å². The molecule has 0 aliphatic heterocycles. The second-order valence-electron chi connectivity index (χ2n) is 3.49. The van der Waals surface area contributed by atoms with Crippen LogP contribution in [0.2, 0.25) is 0 Å². The van der Waals surface area contributed by atoms with Gasteiger partial charge in [0.1, 0.15) is 6.04 Å². The van der Waals surface area contributed by atoms with E-state index in [9.17, 15) is 0 Å². The molecule has 0 radical (unpaired) electrons. The van der Waals surface area contributed by atoms with Crippen molar-refractivity contribution in [2.45, 2.75) is 11.2 Å². The van der Waals surface area contributed by atoms with Crippen molar-refractivity contribution in [3.8, 4) is 11.8 Å². The fraction of sp³-hybridized carbons (Fsp3) is 0.273. The number of para-hydroxylation sites is 1. The van der Waals surface area contributed by atoms with Crippen LogP contribution < -0.4 is 5.32 Å². The van der Waals surface area contributed by atoms with Crippen LogP contribution >= 0.6 is 11.8 Å². The predicted molar refractivity (Wildman–Crippen MR) is 68.3 cm³/mol. The first-order valence-corrected chi connectivity index (χ1v) is 6.37. The van der Waals surface area contributed by atoms with Gasteiger partial charge in [0.15, 0.2) is 0 Å². The summed E-state index contributed by atoms with van der Waals surface area (Å²) in [6, 6.07) is 11.6. The number of hydrogen-bond donors (Lipinski definition) is 1. The van der Waals surface area contributed by atoms with Gasteiger partial charge in [-0.1, -0.05) is 30.0 Å². The van der Waals surface area contributed by atoms with Gasteiger partial charge < -0.3 is 5.32 Å². The van der Waals surface area contributed by atoms with E-state index in [0.29, 0.717) is 10.9 Å². The standard InChI is InChI=1S/C11H12N6S/c1-13-9(7-12)8-18-11-14-15-16-17(11)10-5-3-2-4-6-10/h2-6,9,13H,8H2,1H3. The van der Waals surface area contributed by atoms with E-state index in [4.69, 9.17) is 5.26 Å². The number of rotatable bonds is 5. The molecule has 0 aliphatic rings. The van der Waals surface area contributed by atoms with Crippen LogP contribution in [0.3, 0.4) is 0 Å². The van der Waals surface area contributed by atoms with Gasteiger partial charge in [-0.25, -0.2) is 0 Å². The van der Waals surface area contributed by atoms with Gasteiger partial charge in [0.2, 0.25) is 5.16 Å². The Labute approximate surface area is 109 Å². The Hall–Kier alpha value is -1.91. The maximum Gasteiger partial charge on any atom is 0.214 e. The molecule has 1 unspecified atom stereocenters. The Kier molecular flexibility index (Phi) is 4.28. The zero-order valence-electron chi connectivity index (χ0n) is 9.82. The third kappa shape index (κ3) is 2.85. The number of nitrogens with one attached hydrogen (secondary N) is 1. The van der Waals surface area contributed by atoms with Crippen molar-refractivity contribution in [2.24, 2.45) is 0 Å². The SMILES string of the molecule is CNC(C#N)CSc1nnnn1-c1ccccc1. The van der Waals surface area contributed by atoms with Crippen molar-refractivity contribution in [1.82, 2.24) is 25.5 Å². The summed E-state index contributed by atoms with van der Waals surface area (Å²) in [5, 5.41) is 24.0. The Morgan fingerprint density at radius 1 is 1.44 bits per heavy atom. The highest BCUT2D eigenvalue weighted by atomic mass is 32.2. The number of nitriles is 1. The van der Waals surface area contributed by atoms with Gasteiger partial charge in [-0.05, 0) is 29.6 Å². The van der Waals surface area contributed by atoms with E-state index in [2.05, 4.69) is 26.9 Å². The fourth-order valence-corrected chi connectivity index (χ4v) is 2.26. The zero-order chi connectivity index (χ0) is 12.8. The number of tetrazole rings is 1. The maximum absolute atomic E-state index is 8.86. The average molecular weight is 260 g/mol. The van der Waals surface area contributed by atoms with E-state index < -0.39 is 0 Å². The van der Waals surface area contributed by atoms with Crippen LogP contribution in [0.4, 0.5) is 0 Å². The number of nitrogens with zero attached hydrogens (tertiary/aromatic N) is 5. The molecule has 0 amide bonds. The highest BCUT2D eigenvalue weighted by molar-refractivity contribution is 7.99. The summed E-state index contributed by atoms with van der Waals surface area (Å²) in [7, 11) is 1.76. The van der Waals surface area contributed by atoms with Crippen molar-refractivity contribution in [1.29, 1.82) is 5.26 Å². The summed E-state index contributed by atoms with van der Waals surface area (Å²) in [5.41, 5.74) is 0.906. The lowest BCUT2D eigenvalue weighted by Gasteiger charge is -2.07. The minimum absolute atomic E-state index is 0.212. The molecule has 2 aromatic rings. The topological polar surface area (TPSA) is 79.4 Å². The van der Waals surface area contributed by atoms with Crippen molar-refractivity contribution in [3.05, 3.63) is 30.3 Å². The Morgan fingerprint density at radius 3 is 2.89 bits per heavy atom. The fourth-order valence-electron chi connectivity index (χ4n) is 1.34. The molecule has 1 heterocycles. The Bertz CT molecular complexity index is 532. The Balaban J connectivity index is 2.12. The monoisotopic (exact) mass is 260 g/mol. The molecule has 2 rings (SSSR count). The number of aromatic nitrogens is 4. The van der Waals surface area contributed by atoms with E-state index in [0.717, 1.165) is 5.69 Å². The van der Waals surface area contributed by atoms with Crippen LogP contribution in [0.15, 0.2) is 35.5 Å². The van der Waals surface area contributed by atoms with Crippen molar-refractivity contribution in [2.75, 3.05) is 12.8 Å². The predicted octanol–water partition coefficient (Wildman–Crippen LogP) is 0.866. The van der Waals surface area contributed by atoms with E-state index in [1.165, 1.54) is 11.8 Å². The molecule has 0 saturated heterocycles. The van der Waals surface area contributed by atoms with Gasteiger partial charge in [0, 0.05) is 5.75 Å². The molecule has 0 saturated carbocycles. The molecule has 7 heteroatoms. The smallest absolute Gasteiger partial charge is 0.214 e. The summed E-state index contributed by atoms with van der Waals surface area (Å²) in [4.78, 5) is 0. The first kappa shape index (κ1) is 12.5. The normalized spacial score (nSPS) is 12.0. The van der Waals surface area contributed by atoms with Crippen molar-refractivity contribution in [3.63, 3.8) is 0 Å². The van der Waals surface area contributed by atoms with E-state index in [-0.39, 0.29) is 6.04 Å². The summed E-state index contributed by atoms with van der Waals surface area (Å²) in [6.07, 6.45) is 0. The van der Waals surface area contributed by atoms with Gasteiger partial charge >= 0.3 is 0 Å². The van der Waals surface area contributed by atoms with Gasteiger partial charge in [-0.3, -0.25) is 0 Å². The van der Waals surface area contributed by atoms with Crippen LogP contribution in [0.1, 0.15) is 0 Å². The molecule has 0 spiro atoms. The number of thioether (sulfide) groups is 1. The molecule has 18 heavy (non-hydrogen) atoms. The van der Waals surface area contributed by atoms with Gasteiger partial charge in [0.05, 0.1) is 11.8 Å². The van der Waals surface area contributed by atoms with Crippen LogP contribution in [-0.4, -0.2) is 39.0 Å². The average Bonchev–Trinajstić information content (AvgIpc) is 2.89. The van der Waals surface area contributed by atoms with Crippen molar-refractivity contribution < 1.29 is 0 Å². The lowest BCUT2D eigenvalue weighted by Crippen LogP contribution is -2.25. The summed E-state index contributed by atoms with van der Waals surface area (Å²) in [6.45, 7) is 0. The first-order chi connectivity index (χ1) is 8.85. The molecular formula is C11H12N6S. The molecule has 6 nitrogen and oxygen atoms in total. The molecule has 92 valence electrons. The quantitative estimate of drug-likeness (QED) is 0.803. The minimum Gasteiger partial charge on any atom is -0.304 e. The Morgan fingerprint density at radius 2 is 2.22 bits per heavy atom. The zero-order valence-corrected chi connectivity index (χ0v) is 10.6. The highest BCUT2D eigenvalue weighted by Gasteiger charge is 2.11. The summed E-state index contributed by atoms with van der Waals surface area (Å²) < 4.78 is 1.66. The highest BCUT2D eigenvalue weighted by Crippen LogP contribution is 2.18. The number of hydrogen-bond acceptors (Lipinski definition) is 6. The summed E-state index contributed by atoms with van der Waals surface area (Å²) >= 11 is 1.45. The largest absolute Gasteiger partial charge is 0.304 e. The first-order valence-electron chi connectivity index (χ1n) is 5.38. The third-order valence-corrected chi connectivity index (χ3v) is 3.34. The lowest BCUT2D eigenvalue weighted by atomic mass is 10.3. The molecule has 1 aromatic carbocycles. The van der Waals surface area contributed by atoms with Gasteiger partial charge in [-0.2, -0.15) is 9.94 Å². The van der Waals surface area contributed by atoms with Crippen molar-refractivity contribution >= 4 is 11.8 Å². The molecule has 0 bridgehead atoms. The molecule has 1 atom stereocenters. The summed E-state index contributed by atoms with van der Waals surface area (Å²) in [5.74, 6) is 0.597. The van der Waals surface area contributed by atoms with E-state index in [1.807, 2.05) is 30.3 Å². The molecule has 0 aliphatic carbocycles. The van der Waals surface area contributed by atoms with Crippen LogP contribution in [0, 0.1) is 11.3 Å². The second-order valence-corrected chi connectivity index (χ2v) is 4.48. The molecule has 1 N–H and O–H groups in total. The van der Waals surface area contributed by atoms with Gasteiger partial charge in [0.25, 0.3) is 0 Å².